The molecular weight excluding hydrogens is 163 g/mol. The van der Waals surface area contributed by atoms with Crippen LogP contribution in [0, 0.1) is 0 Å². The number of methoxy groups -OCH3 is 1. The maximum atomic E-state index is 10.8. The molecule has 0 unspecified atom stereocenters. The van der Waals surface area contributed by atoms with Gasteiger partial charge in [-0.25, -0.2) is 0 Å². The third kappa shape index (κ3) is 3.32. The molecule has 13 heavy (non-hydrogen) atoms. The summed E-state index contributed by atoms with van der Waals surface area (Å²) < 4.78 is 4.56. The van der Waals surface area contributed by atoms with Gasteiger partial charge < -0.3 is 4.74 Å². The van der Waals surface area contributed by atoms with Crippen LogP contribution in [0.15, 0.2) is 24.3 Å². The second-order valence-electron chi connectivity index (χ2n) is 3.07. The normalized spacial score (nSPS) is 9.62. The number of hydrogen-bond acceptors (Lipinski definition) is 2. The molecule has 0 atom stereocenters. The van der Waals surface area contributed by atoms with E-state index in [9.17, 15) is 4.79 Å². The van der Waals surface area contributed by atoms with Crippen molar-refractivity contribution in [2.75, 3.05) is 7.11 Å². The van der Waals surface area contributed by atoms with Gasteiger partial charge in [-0.15, -0.1) is 0 Å². The van der Waals surface area contributed by atoms with E-state index < -0.39 is 0 Å². The lowest BCUT2D eigenvalue weighted by Crippen LogP contribution is -2.05. The summed E-state index contributed by atoms with van der Waals surface area (Å²) in [6.45, 7) is 0. The molecule has 0 aliphatic rings. The molecule has 0 aliphatic heterocycles. The molecule has 1 aromatic rings. The van der Waals surface area contributed by atoms with Gasteiger partial charge in [-0.05, 0) is 12.0 Å². The molecule has 0 saturated heterocycles. The van der Waals surface area contributed by atoms with Crippen molar-refractivity contribution in [3.8, 4) is 0 Å². The Balaban J connectivity index is 2.50. The minimum Gasteiger partial charge on any atom is -0.469 e. The highest BCUT2D eigenvalue weighted by molar-refractivity contribution is 6.32. The standard InChI is InChI=1S/C10H13BO2/c1-13-10(12)6-5-8-3-2-4-9(11)7-8/h2-4,7H,5-6,11H2,1H3. The van der Waals surface area contributed by atoms with Crippen LogP contribution in [-0.2, 0) is 16.0 Å². The Kier molecular flexibility index (Phi) is 3.56. The van der Waals surface area contributed by atoms with Gasteiger partial charge in [-0.1, -0.05) is 29.7 Å². The smallest absolute Gasteiger partial charge is 0.305 e. The molecule has 68 valence electrons. The molecule has 0 aliphatic carbocycles. The second-order valence-corrected chi connectivity index (χ2v) is 3.07. The molecule has 0 radical (unpaired) electrons. The van der Waals surface area contributed by atoms with Gasteiger partial charge in [0.15, 0.2) is 0 Å². The quantitative estimate of drug-likeness (QED) is 0.480. The van der Waals surface area contributed by atoms with Crippen LogP contribution in [0.4, 0.5) is 0 Å². The molecule has 0 amide bonds. The molecular formula is C10H13BO2. The third-order valence-electron chi connectivity index (χ3n) is 1.93. The van der Waals surface area contributed by atoms with Gasteiger partial charge in [0, 0.05) is 6.42 Å². The third-order valence-corrected chi connectivity index (χ3v) is 1.93. The van der Waals surface area contributed by atoms with Crippen LogP contribution in [0.5, 0.6) is 0 Å². The number of carbonyl (C=O) groups is 1. The summed E-state index contributed by atoms with van der Waals surface area (Å²) in [5, 5.41) is 0. The van der Waals surface area contributed by atoms with Crippen molar-refractivity contribution in [1.29, 1.82) is 0 Å². The van der Waals surface area contributed by atoms with Gasteiger partial charge in [0.1, 0.15) is 7.85 Å². The first kappa shape index (κ1) is 9.84. The number of benzene rings is 1. The van der Waals surface area contributed by atoms with E-state index in [2.05, 4.69) is 10.8 Å². The lowest BCUT2D eigenvalue weighted by Gasteiger charge is -2.01. The summed E-state index contributed by atoms with van der Waals surface area (Å²) >= 11 is 0. The van der Waals surface area contributed by atoms with Gasteiger partial charge in [-0.3, -0.25) is 4.79 Å². The summed E-state index contributed by atoms with van der Waals surface area (Å²) in [7, 11) is 3.46. The Morgan fingerprint density at radius 2 is 2.31 bits per heavy atom. The van der Waals surface area contributed by atoms with Gasteiger partial charge in [0.25, 0.3) is 0 Å². The maximum Gasteiger partial charge on any atom is 0.305 e. The van der Waals surface area contributed by atoms with Crippen molar-refractivity contribution < 1.29 is 9.53 Å². The zero-order valence-electron chi connectivity index (χ0n) is 8.04. The van der Waals surface area contributed by atoms with Crippen molar-refractivity contribution in [3.05, 3.63) is 29.8 Å². The average molecular weight is 176 g/mol. The summed E-state index contributed by atoms with van der Waals surface area (Å²) in [5.41, 5.74) is 2.41. The molecule has 1 aromatic carbocycles. The van der Waals surface area contributed by atoms with E-state index in [0.29, 0.717) is 6.42 Å². The predicted octanol–water partition coefficient (Wildman–Crippen LogP) is 0.0506. The zero-order valence-corrected chi connectivity index (χ0v) is 8.04. The van der Waals surface area contributed by atoms with Crippen molar-refractivity contribution in [3.63, 3.8) is 0 Å². The van der Waals surface area contributed by atoms with E-state index in [-0.39, 0.29) is 5.97 Å². The van der Waals surface area contributed by atoms with Crippen LogP contribution >= 0.6 is 0 Å². The Hall–Kier alpha value is -1.25. The molecule has 0 bridgehead atoms. The first-order chi connectivity index (χ1) is 6.22. The molecule has 3 heteroatoms. The number of rotatable bonds is 3. The number of carbonyl (C=O) groups excluding carboxylic acids is 1. The minimum atomic E-state index is -0.151. The highest BCUT2D eigenvalue weighted by Crippen LogP contribution is 2.01. The van der Waals surface area contributed by atoms with Crippen molar-refractivity contribution in [2.24, 2.45) is 0 Å². The lowest BCUT2D eigenvalue weighted by atomic mass is 9.93. The molecule has 0 spiro atoms. The van der Waals surface area contributed by atoms with Gasteiger partial charge >= 0.3 is 5.97 Å². The number of esters is 1. The van der Waals surface area contributed by atoms with Crippen molar-refractivity contribution >= 4 is 19.3 Å². The van der Waals surface area contributed by atoms with E-state index >= 15 is 0 Å². The fourth-order valence-electron chi connectivity index (χ4n) is 1.22. The van der Waals surface area contributed by atoms with Gasteiger partial charge in [-0.2, -0.15) is 0 Å². The molecule has 0 heterocycles. The van der Waals surface area contributed by atoms with E-state index in [1.165, 1.54) is 18.1 Å². The lowest BCUT2D eigenvalue weighted by molar-refractivity contribution is -0.140. The Morgan fingerprint density at radius 1 is 1.54 bits per heavy atom. The summed E-state index contributed by atoms with van der Waals surface area (Å²) in [5.74, 6) is -0.151. The highest BCUT2D eigenvalue weighted by atomic mass is 16.5. The first-order valence-electron chi connectivity index (χ1n) is 4.34. The van der Waals surface area contributed by atoms with Crippen molar-refractivity contribution in [2.45, 2.75) is 12.8 Å². The minimum absolute atomic E-state index is 0.151. The van der Waals surface area contributed by atoms with Gasteiger partial charge in [0.2, 0.25) is 0 Å². The molecule has 0 N–H and O–H groups in total. The van der Waals surface area contributed by atoms with E-state index in [4.69, 9.17) is 0 Å². The largest absolute Gasteiger partial charge is 0.469 e. The second kappa shape index (κ2) is 4.70. The topological polar surface area (TPSA) is 26.3 Å². The van der Waals surface area contributed by atoms with Gasteiger partial charge in [0.05, 0.1) is 7.11 Å². The molecule has 1 rings (SSSR count). The zero-order chi connectivity index (χ0) is 9.68. The van der Waals surface area contributed by atoms with Crippen LogP contribution < -0.4 is 5.46 Å². The molecule has 0 aromatic heterocycles. The average Bonchev–Trinajstić information content (AvgIpc) is 2.14. The predicted molar refractivity (Wildman–Crippen MR) is 55.0 cm³/mol. The Morgan fingerprint density at radius 3 is 2.92 bits per heavy atom. The van der Waals surface area contributed by atoms with E-state index in [0.717, 1.165) is 6.42 Å². The van der Waals surface area contributed by atoms with Crippen molar-refractivity contribution in [1.82, 2.24) is 0 Å². The van der Waals surface area contributed by atoms with Crippen LogP contribution in [0.25, 0.3) is 0 Å². The Bertz CT molecular complexity index is 297. The molecule has 2 nitrogen and oxygen atoms in total. The number of hydrogen-bond donors (Lipinski definition) is 0. The summed E-state index contributed by atoms with van der Waals surface area (Å²) in [6, 6.07) is 8.16. The first-order valence-corrected chi connectivity index (χ1v) is 4.34. The van der Waals surface area contributed by atoms with Crippen LogP contribution in [-0.4, -0.2) is 20.9 Å². The summed E-state index contributed by atoms with van der Waals surface area (Å²) in [4.78, 5) is 10.8. The van der Waals surface area contributed by atoms with Crippen LogP contribution in [0.3, 0.4) is 0 Å². The number of ether oxygens (including phenoxy) is 1. The van der Waals surface area contributed by atoms with E-state index in [1.807, 2.05) is 26.0 Å². The van der Waals surface area contributed by atoms with Crippen LogP contribution in [0.1, 0.15) is 12.0 Å². The SMILES string of the molecule is Bc1cccc(CCC(=O)OC)c1. The fourth-order valence-corrected chi connectivity index (χ4v) is 1.22. The fraction of sp³-hybridized carbons (Fsp3) is 0.300. The monoisotopic (exact) mass is 176 g/mol. The molecule has 0 saturated carbocycles. The Labute approximate surface area is 79.3 Å². The number of aryl methyl sites for hydroxylation is 1. The summed E-state index contributed by atoms with van der Waals surface area (Å²) in [6.07, 6.45) is 1.22. The van der Waals surface area contributed by atoms with E-state index in [1.54, 1.807) is 0 Å². The molecule has 0 fully saturated rings. The van der Waals surface area contributed by atoms with Crippen LogP contribution in [0.2, 0.25) is 0 Å². The highest BCUT2D eigenvalue weighted by Gasteiger charge is 2.00. The maximum absolute atomic E-state index is 10.8.